The summed E-state index contributed by atoms with van der Waals surface area (Å²) in [7, 11) is 0. The lowest BCUT2D eigenvalue weighted by Crippen LogP contribution is -2.28. The van der Waals surface area contributed by atoms with Crippen LogP contribution in [0.1, 0.15) is 24.1 Å². The Morgan fingerprint density at radius 2 is 1.95 bits per heavy atom. The van der Waals surface area contributed by atoms with Gasteiger partial charge in [-0.3, -0.25) is 4.79 Å². The molecule has 0 aliphatic carbocycles. The zero-order valence-electron chi connectivity index (χ0n) is 11.4. The van der Waals surface area contributed by atoms with E-state index >= 15 is 0 Å². The van der Waals surface area contributed by atoms with Gasteiger partial charge in [-0.25, -0.2) is 4.39 Å². The standard InChI is InChI=1S/C16H14BrClFNO/c1-10(11-5-7-12(17)8-6-11)20-16(21)9-13-14(18)3-2-4-15(13)19/h2-8,10H,9H2,1H3,(H,20,21)/t10-/m0/s1. The van der Waals surface area contributed by atoms with Gasteiger partial charge in [0.1, 0.15) is 5.82 Å². The van der Waals surface area contributed by atoms with Gasteiger partial charge in [0.15, 0.2) is 0 Å². The molecule has 21 heavy (non-hydrogen) atoms. The highest BCUT2D eigenvalue weighted by Gasteiger charge is 2.14. The summed E-state index contributed by atoms with van der Waals surface area (Å²) in [6.45, 7) is 1.88. The molecule has 110 valence electrons. The first-order chi connectivity index (χ1) is 9.97. The molecule has 0 heterocycles. The van der Waals surface area contributed by atoms with Crippen molar-refractivity contribution in [1.29, 1.82) is 0 Å². The molecular formula is C16H14BrClFNO. The molecule has 1 amide bonds. The first-order valence-electron chi connectivity index (χ1n) is 6.45. The van der Waals surface area contributed by atoms with Crippen LogP contribution >= 0.6 is 27.5 Å². The Morgan fingerprint density at radius 1 is 1.29 bits per heavy atom. The van der Waals surface area contributed by atoms with Crippen molar-refractivity contribution in [2.24, 2.45) is 0 Å². The lowest BCUT2D eigenvalue weighted by atomic mass is 10.1. The number of halogens is 3. The molecule has 1 atom stereocenters. The third-order valence-corrected chi connectivity index (χ3v) is 4.03. The van der Waals surface area contributed by atoms with Gasteiger partial charge in [0.05, 0.1) is 12.5 Å². The smallest absolute Gasteiger partial charge is 0.225 e. The van der Waals surface area contributed by atoms with Gasteiger partial charge in [0.2, 0.25) is 5.91 Å². The first kappa shape index (κ1) is 16.0. The van der Waals surface area contributed by atoms with Crippen LogP contribution in [-0.4, -0.2) is 5.91 Å². The van der Waals surface area contributed by atoms with Crippen molar-refractivity contribution in [3.8, 4) is 0 Å². The summed E-state index contributed by atoms with van der Waals surface area (Å²) in [5.41, 5.74) is 1.20. The van der Waals surface area contributed by atoms with Crippen LogP contribution in [-0.2, 0) is 11.2 Å². The summed E-state index contributed by atoms with van der Waals surface area (Å²) in [5.74, 6) is -0.730. The van der Waals surface area contributed by atoms with E-state index < -0.39 is 5.82 Å². The van der Waals surface area contributed by atoms with Crippen LogP contribution in [0.15, 0.2) is 46.9 Å². The lowest BCUT2D eigenvalue weighted by molar-refractivity contribution is -0.121. The second-order valence-electron chi connectivity index (χ2n) is 4.72. The van der Waals surface area contributed by atoms with Crippen LogP contribution in [0, 0.1) is 5.82 Å². The van der Waals surface area contributed by atoms with Crippen molar-refractivity contribution < 1.29 is 9.18 Å². The second-order valence-corrected chi connectivity index (χ2v) is 6.04. The van der Waals surface area contributed by atoms with Crippen molar-refractivity contribution in [1.82, 2.24) is 5.32 Å². The van der Waals surface area contributed by atoms with Gasteiger partial charge in [0.25, 0.3) is 0 Å². The number of hydrogen-bond donors (Lipinski definition) is 1. The van der Waals surface area contributed by atoms with Gasteiger partial charge in [-0.15, -0.1) is 0 Å². The van der Waals surface area contributed by atoms with Crippen LogP contribution < -0.4 is 5.32 Å². The fourth-order valence-corrected chi connectivity index (χ4v) is 2.48. The predicted octanol–water partition coefficient (Wildman–Crippen LogP) is 4.66. The van der Waals surface area contributed by atoms with Crippen molar-refractivity contribution in [3.63, 3.8) is 0 Å². The normalized spacial score (nSPS) is 12.0. The molecule has 2 rings (SSSR count). The molecule has 0 unspecified atom stereocenters. The highest BCUT2D eigenvalue weighted by atomic mass is 79.9. The summed E-state index contributed by atoms with van der Waals surface area (Å²) in [5, 5.41) is 3.10. The van der Waals surface area contributed by atoms with Crippen molar-refractivity contribution in [3.05, 3.63) is 68.9 Å². The number of carbonyl (C=O) groups is 1. The van der Waals surface area contributed by atoms with Gasteiger partial charge >= 0.3 is 0 Å². The van der Waals surface area contributed by atoms with E-state index in [1.807, 2.05) is 31.2 Å². The zero-order valence-corrected chi connectivity index (χ0v) is 13.7. The van der Waals surface area contributed by atoms with Crippen LogP contribution in [0.2, 0.25) is 5.02 Å². The maximum Gasteiger partial charge on any atom is 0.225 e. The van der Waals surface area contributed by atoms with Crippen molar-refractivity contribution >= 4 is 33.4 Å². The van der Waals surface area contributed by atoms with Crippen molar-refractivity contribution in [2.75, 3.05) is 0 Å². The summed E-state index contributed by atoms with van der Waals surface area (Å²) in [6.07, 6.45) is -0.0770. The van der Waals surface area contributed by atoms with Gasteiger partial charge in [-0.1, -0.05) is 45.7 Å². The van der Waals surface area contributed by atoms with E-state index in [4.69, 9.17) is 11.6 Å². The Kier molecular flexibility index (Phi) is 5.37. The molecule has 0 saturated heterocycles. The molecule has 0 fully saturated rings. The molecule has 0 saturated carbocycles. The average Bonchev–Trinajstić information content (AvgIpc) is 2.43. The number of rotatable bonds is 4. The van der Waals surface area contributed by atoms with E-state index in [2.05, 4.69) is 21.2 Å². The van der Waals surface area contributed by atoms with Gasteiger partial charge in [0, 0.05) is 15.1 Å². The fourth-order valence-electron chi connectivity index (χ4n) is 1.99. The maximum atomic E-state index is 13.6. The first-order valence-corrected chi connectivity index (χ1v) is 7.62. The van der Waals surface area contributed by atoms with E-state index in [0.717, 1.165) is 10.0 Å². The Hall–Kier alpha value is -1.39. The molecule has 2 aromatic carbocycles. The van der Waals surface area contributed by atoms with Crippen LogP contribution in [0.5, 0.6) is 0 Å². The number of nitrogens with one attached hydrogen (secondary N) is 1. The molecule has 2 aromatic rings. The average molecular weight is 371 g/mol. The molecule has 0 spiro atoms. The van der Waals surface area contributed by atoms with Crippen molar-refractivity contribution in [2.45, 2.75) is 19.4 Å². The lowest BCUT2D eigenvalue weighted by Gasteiger charge is -2.15. The minimum atomic E-state index is -0.464. The SMILES string of the molecule is C[C@H](NC(=O)Cc1c(F)cccc1Cl)c1ccc(Br)cc1. The van der Waals surface area contributed by atoms with Gasteiger partial charge in [-0.05, 0) is 36.8 Å². The van der Waals surface area contributed by atoms with E-state index in [0.29, 0.717) is 0 Å². The van der Waals surface area contributed by atoms with E-state index in [-0.39, 0.29) is 29.0 Å². The molecule has 0 radical (unpaired) electrons. The largest absolute Gasteiger partial charge is 0.349 e. The summed E-state index contributed by atoms with van der Waals surface area (Å²) in [6, 6.07) is 11.9. The van der Waals surface area contributed by atoms with Crippen LogP contribution in [0.25, 0.3) is 0 Å². The molecule has 0 aromatic heterocycles. The maximum absolute atomic E-state index is 13.6. The number of carbonyl (C=O) groups excluding carboxylic acids is 1. The van der Waals surface area contributed by atoms with Gasteiger partial charge < -0.3 is 5.32 Å². The number of benzene rings is 2. The fraction of sp³-hybridized carbons (Fsp3) is 0.188. The zero-order chi connectivity index (χ0) is 15.4. The Labute approximate surface area is 136 Å². The molecule has 5 heteroatoms. The Bertz CT molecular complexity index is 625. The van der Waals surface area contributed by atoms with E-state index in [9.17, 15) is 9.18 Å². The highest BCUT2D eigenvalue weighted by molar-refractivity contribution is 9.10. The second kappa shape index (κ2) is 7.05. The van der Waals surface area contributed by atoms with Crippen LogP contribution in [0.4, 0.5) is 4.39 Å². The predicted molar refractivity (Wildman–Crippen MR) is 85.8 cm³/mol. The topological polar surface area (TPSA) is 29.1 Å². The molecule has 1 N–H and O–H groups in total. The minimum absolute atomic E-state index is 0.0770. The summed E-state index contributed by atoms with van der Waals surface area (Å²) < 4.78 is 14.6. The number of amides is 1. The number of hydrogen-bond acceptors (Lipinski definition) is 1. The van der Waals surface area contributed by atoms with Crippen LogP contribution in [0.3, 0.4) is 0 Å². The molecule has 0 bridgehead atoms. The molecule has 0 aliphatic rings. The Morgan fingerprint density at radius 3 is 2.57 bits per heavy atom. The summed E-state index contributed by atoms with van der Waals surface area (Å²) in [4.78, 5) is 12.0. The summed E-state index contributed by atoms with van der Waals surface area (Å²) >= 11 is 9.28. The highest BCUT2D eigenvalue weighted by Crippen LogP contribution is 2.20. The molecule has 2 nitrogen and oxygen atoms in total. The van der Waals surface area contributed by atoms with E-state index in [1.165, 1.54) is 12.1 Å². The van der Waals surface area contributed by atoms with Gasteiger partial charge in [-0.2, -0.15) is 0 Å². The Balaban J connectivity index is 2.03. The quantitative estimate of drug-likeness (QED) is 0.833. The monoisotopic (exact) mass is 369 g/mol. The minimum Gasteiger partial charge on any atom is -0.349 e. The van der Waals surface area contributed by atoms with E-state index in [1.54, 1.807) is 6.07 Å². The molecular weight excluding hydrogens is 357 g/mol. The third-order valence-electron chi connectivity index (χ3n) is 3.15. The molecule has 0 aliphatic heterocycles. The third kappa shape index (κ3) is 4.29.